The van der Waals surface area contributed by atoms with E-state index in [1.54, 1.807) is 13.0 Å². The van der Waals surface area contributed by atoms with Crippen LogP contribution in [0.3, 0.4) is 0 Å². The first-order valence-electron chi connectivity index (χ1n) is 6.92. The summed E-state index contributed by atoms with van der Waals surface area (Å²) in [5.74, 6) is -2.22. The third kappa shape index (κ3) is 2.92. The average Bonchev–Trinajstić information content (AvgIpc) is 2.73. The number of carbonyl (C=O) groups is 3. The quantitative estimate of drug-likeness (QED) is 0.581. The second-order valence-corrected chi connectivity index (χ2v) is 6.17. The van der Waals surface area contributed by atoms with Gasteiger partial charge in [-0.2, -0.15) is 0 Å². The monoisotopic (exact) mass is 280 g/mol. The van der Waals surface area contributed by atoms with Crippen LogP contribution in [-0.4, -0.2) is 30.4 Å². The Morgan fingerprint density at radius 1 is 1.45 bits per heavy atom. The van der Waals surface area contributed by atoms with Crippen molar-refractivity contribution in [2.24, 2.45) is 17.3 Å². The number of hydrogen-bond acceptors (Lipinski definition) is 5. The Balaban J connectivity index is 2.25. The molecule has 0 spiro atoms. The molecule has 1 aliphatic carbocycles. The van der Waals surface area contributed by atoms with Crippen LogP contribution in [0.5, 0.6) is 0 Å². The number of Topliss-reactive ketones (excluding diaryl/α,β-unsaturated/α-hetero) is 1. The van der Waals surface area contributed by atoms with Gasteiger partial charge in [0.15, 0.2) is 0 Å². The molecule has 3 atom stereocenters. The normalized spacial score (nSPS) is 32.0. The van der Waals surface area contributed by atoms with Gasteiger partial charge in [-0.25, -0.2) is 4.79 Å². The van der Waals surface area contributed by atoms with Crippen LogP contribution in [0.4, 0.5) is 0 Å². The van der Waals surface area contributed by atoms with E-state index >= 15 is 0 Å². The molecule has 0 bridgehead atoms. The number of ketones is 1. The molecule has 5 heteroatoms. The zero-order chi connectivity index (χ0) is 14.9. The van der Waals surface area contributed by atoms with Crippen LogP contribution < -0.4 is 0 Å². The molecule has 110 valence electrons. The van der Waals surface area contributed by atoms with E-state index in [-0.39, 0.29) is 23.7 Å². The van der Waals surface area contributed by atoms with Gasteiger partial charge in [0, 0.05) is 18.4 Å². The SMILES string of the molecule is CCOC(=O)C1C(=O)CC(C)(C)CC1C1C=CC(=O)O1. The van der Waals surface area contributed by atoms with Gasteiger partial charge in [-0.1, -0.05) is 13.8 Å². The van der Waals surface area contributed by atoms with Crippen molar-refractivity contribution in [3.05, 3.63) is 12.2 Å². The van der Waals surface area contributed by atoms with Gasteiger partial charge in [0.05, 0.1) is 6.61 Å². The van der Waals surface area contributed by atoms with Crippen molar-refractivity contribution in [2.75, 3.05) is 6.61 Å². The predicted molar refractivity (Wildman–Crippen MR) is 70.7 cm³/mol. The highest BCUT2D eigenvalue weighted by Crippen LogP contribution is 2.43. The fourth-order valence-corrected chi connectivity index (χ4v) is 3.11. The Morgan fingerprint density at radius 2 is 2.15 bits per heavy atom. The minimum atomic E-state index is -0.830. The van der Waals surface area contributed by atoms with Crippen LogP contribution in [-0.2, 0) is 23.9 Å². The molecule has 0 amide bonds. The molecule has 3 unspecified atom stereocenters. The van der Waals surface area contributed by atoms with Crippen LogP contribution in [0.1, 0.15) is 33.6 Å². The van der Waals surface area contributed by atoms with Gasteiger partial charge in [-0.05, 0) is 24.8 Å². The van der Waals surface area contributed by atoms with Crippen molar-refractivity contribution in [3.8, 4) is 0 Å². The highest BCUT2D eigenvalue weighted by atomic mass is 16.5. The van der Waals surface area contributed by atoms with Crippen molar-refractivity contribution < 1.29 is 23.9 Å². The van der Waals surface area contributed by atoms with Crippen molar-refractivity contribution in [1.82, 2.24) is 0 Å². The molecule has 1 heterocycles. The Kier molecular flexibility index (Phi) is 3.97. The van der Waals surface area contributed by atoms with Gasteiger partial charge >= 0.3 is 11.9 Å². The van der Waals surface area contributed by atoms with E-state index in [1.165, 1.54) is 6.08 Å². The highest BCUT2D eigenvalue weighted by molar-refractivity contribution is 6.00. The molecule has 5 nitrogen and oxygen atoms in total. The molecule has 2 rings (SSSR count). The van der Waals surface area contributed by atoms with Crippen LogP contribution in [0, 0.1) is 17.3 Å². The first-order chi connectivity index (χ1) is 9.34. The minimum absolute atomic E-state index is 0.124. The van der Waals surface area contributed by atoms with E-state index in [4.69, 9.17) is 9.47 Å². The van der Waals surface area contributed by atoms with Gasteiger partial charge in [0.2, 0.25) is 0 Å². The molecule has 0 aromatic carbocycles. The molecule has 0 N–H and O–H groups in total. The fraction of sp³-hybridized carbons (Fsp3) is 0.667. The lowest BCUT2D eigenvalue weighted by Gasteiger charge is -2.40. The largest absolute Gasteiger partial charge is 0.465 e. The van der Waals surface area contributed by atoms with Crippen LogP contribution in [0.15, 0.2) is 12.2 Å². The molecule has 0 aromatic heterocycles. The summed E-state index contributed by atoms with van der Waals surface area (Å²) in [7, 11) is 0. The highest BCUT2D eigenvalue weighted by Gasteiger charge is 2.49. The third-order valence-electron chi connectivity index (χ3n) is 3.85. The van der Waals surface area contributed by atoms with Crippen molar-refractivity contribution in [1.29, 1.82) is 0 Å². The van der Waals surface area contributed by atoms with Crippen molar-refractivity contribution in [2.45, 2.75) is 39.7 Å². The number of esters is 2. The number of carbonyl (C=O) groups excluding carboxylic acids is 3. The van der Waals surface area contributed by atoms with E-state index in [0.29, 0.717) is 12.8 Å². The standard InChI is InChI=1S/C15H20O5/c1-4-19-14(18)13-9(11-5-6-12(17)20-11)7-15(2,3)8-10(13)16/h5-6,9,11,13H,4,7-8H2,1-3H3. The van der Waals surface area contributed by atoms with Gasteiger partial charge in [0.1, 0.15) is 17.8 Å². The fourth-order valence-electron chi connectivity index (χ4n) is 3.11. The lowest BCUT2D eigenvalue weighted by molar-refractivity contribution is -0.163. The summed E-state index contributed by atoms with van der Waals surface area (Å²) >= 11 is 0. The summed E-state index contributed by atoms with van der Waals surface area (Å²) < 4.78 is 10.2. The van der Waals surface area contributed by atoms with E-state index in [9.17, 15) is 14.4 Å². The Labute approximate surface area is 118 Å². The number of rotatable bonds is 3. The van der Waals surface area contributed by atoms with Crippen LogP contribution >= 0.6 is 0 Å². The first-order valence-corrected chi connectivity index (χ1v) is 6.92. The smallest absolute Gasteiger partial charge is 0.331 e. The number of cyclic esters (lactones) is 1. The zero-order valence-corrected chi connectivity index (χ0v) is 12.0. The topological polar surface area (TPSA) is 69.7 Å². The lowest BCUT2D eigenvalue weighted by Crippen LogP contribution is -2.46. The summed E-state index contributed by atoms with van der Waals surface area (Å²) in [6.45, 7) is 5.91. The molecule has 1 fully saturated rings. The van der Waals surface area contributed by atoms with Gasteiger partial charge in [0.25, 0.3) is 0 Å². The van der Waals surface area contributed by atoms with Crippen molar-refractivity contribution in [3.63, 3.8) is 0 Å². The van der Waals surface area contributed by atoms with E-state index in [0.717, 1.165) is 0 Å². The molecule has 1 aliphatic heterocycles. The Hall–Kier alpha value is -1.65. The van der Waals surface area contributed by atoms with Gasteiger partial charge in [-0.15, -0.1) is 0 Å². The summed E-state index contributed by atoms with van der Waals surface area (Å²) in [6, 6.07) is 0. The maximum absolute atomic E-state index is 12.3. The molecule has 2 aliphatic rings. The summed E-state index contributed by atoms with van der Waals surface area (Å²) in [6.07, 6.45) is 3.45. The summed E-state index contributed by atoms with van der Waals surface area (Å²) in [5.41, 5.74) is -0.201. The Morgan fingerprint density at radius 3 is 2.70 bits per heavy atom. The molecular formula is C15H20O5. The van der Waals surface area contributed by atoms with Crippen LogP contribution in [0.25, 0.3) is 0 Å². The van der Waals surface area contributed by atoms with Gasteiger partial charge in [-0.3, -0.25) is 9.59 Å². The molecular weight excluding hydrogens is 260 g/mol. The zero-order valence-electron chi connectivity index (χ0n) is 12.0. The van der Waals surface area contributed by atoms with E-state index in [2.05, 4.69) is 0 Å². The van der Waals surface area contributed by atoms with Crippen LogP contribution in [0.2, 0.25) is 0 Å². The maximum atomic E-state index is 12.3. The first kappa shape index (κ1) is 14.8. The van der Waals surface area contributed by atoms with Gasteiger partial charge < -0.3 is 9.47 Å². The number of ether oxygens (including phenoxy) is 2. The molecule has 0 radical (unpaired) electrons. The second-order valence-electron chi connectivity index (χ2n) is 6.17. The molecule has 1 saturated carbocycles. The number of hydrogen-bond donors (Lipinski definition) is 0. The molecule has 0 saturated heterocycles. The minimum Gasteiger partial charge on any atom is -0.465 e. The third-order valence-corrected chi connectivity index (χ3v) is 3.85. The summed E-state index contributed by atoms with van der Waals surface area (Å²) in [4.78, 5) is 35.6. The predicted octanol–water partition coefficient (Wildman–Crippen LogP) is 1.65. The van der Waals surface area contributed by atoms with Crippen molar-refractivity contribution >= 4 is 17.7 Å². The molecule has 0 aromatic rings. The van der Waals surface area contributed by atoms with E-state index in [1.807, 2.05) is 13.8 Å². The maximum Gasteiger partial charge on any atom is 0.331 e. The second kappa shape index (κ2) is 5.38. The summed E-state index contributed by atoms with van der Waals surface area (Å²) in [5, 5.41) is 0. The van der Waals surface area contributed by atoms with E-state index < -0.39 is 24.0 Å². The lowest BCUT2D eigenvalue weighted by atomic mass is 9.65. The molecule has 20 heavy (non-hydrogen) atoms. The average molecular weight is 280 g/mol. The Bertz CT molecular complexity index is 463.